The zero-order chi connectivity index (χ0) is 17.8. The number of halogens is 1. The minimum Gasteiger partial charge on any atom is -0.365 e. The average molecular weight is 354 g/mol. The Labute approximate surface area is 152 Å². The number of rotatable bonds is 6. The number of primary amides is 1. The van der Waals surface area contributed by atoms with E-state index in [1.807, 2.05) is 30.3 Å². The number of carbonyl (C=O) groups is 1. The molecular weight excluding hydrogens is 334 g/mol. The van der Waals surface area contributed by atoms with Gasteiger partial charge >= 0.3 is 0 Å². The molecule has 1 aromatic heterocycles. The summed E-state index contributed by atoms with van der Waals surface area (Å²) in [6, 6.07) is 15.9. The van der Waals surface area contributed by atoms with Gasteiger partial charge in [-0.05, 0) is 43.0 Å². The van der Waals surface area contributed by atoms with Gasteiger partial charge in [0.25, 0.3) is 5.91 Å². The van der Waals surface area contributed by atoms with E-state index in [4.69, 9.17) is 17.3 Å². The largest absolute Gasteiger partial charge is 0.365 e. The van der Waals surface area contributed by atoms with Crippen LogP contribution in [0.2, 0.25) is 5.02 Å². The molecular formula is C20H20ClN3O. The molecule has 0 atom stereocenters. The van der Waals surface area contributed by atoms with Crippen molar-refractivity contribution in [3.63, 3.8) is 0 Å². The lowest BCUT2D eigenvalue weighted by molar-refractivity contribution is 0.0998. The van der Waals surface area contributed by atoms with Crippen molar-refractivity contribution in [1.29, 1.82) is 0 Å². The third-order valence-corrected chi connectivity index (χ3v) is 4.40. The molecule has 5 heteroatoms. The number of nitrogens with two attached hydrogens (primary N) is 1. The van der Waals surface area contributed by atoms with Gasteiger partial charge < -0.3 is 5.73 Å². The molecule has 0 fully saturated rings. The molecule has 4 nitrogen and oxygen atoms in total. The highest BCUT2D eigenvalue weighted by molar-refractivity contribution is 6.30. The lowest BCUT2D eigenvalue weighted by atomic mass is 10.0. The lowest BCUT2D eigenvalue weighted by Gasteiger charge is -2.04. The quantitative estimate of drug-likeness (QED) is 0.706. The minimum absolute atomic E-state index is 0.454. The Balaban J connectivity index is 1.81. The van der Waals surface area contributed by atoms with E-state index in [-0.39, 0.29) is 0 Å². The zero-order valence-electron chi connectivity index (χ0n) is 14.1. The van der Waals surface area contributed by atoms with Gasteiger partial charge in [-0.15, -0.1) is 0 Å². The number of aryl methyl sites for hydroxylation is 3. The number of benzene rings is 2. The van der Waals surface area contributed by atoms with E-state index < -0.39 is 5.91 Å². The summed E-state index contributed by atoms with van der Waals surface area (Å²) in [6.07, 6.45) is 2.01. The molecule has 3 N–H and O–H groups in total. The van der Waals surface area contributed by atoms with Crippen molar-refractivity contribution < 1.29 is 4.79 Å². The molecule has 0 bridgehead atoms. The highest BCUT2D eigenvalue weighted by atomic mass is 35.5. The first-order chi connectivity index (χ1) is 12.0. The normalized spacial score (nSPS) is 10.8. The van der Waals surface area contributed by atoms with E-state index in [0.717, 1.165) is 17.7 Å². The van der Waals surface area contributed by atoms with Gasteiger partial charge in [0.15, 0.2) is 0 Å². The van der Waals surface area contributed by atoms with Crippen molar-refractivity contribution in [2.24, 2.45) is 5.73 Å². The third kappa shape index (κ3) is 4.28. The number of nitrogens with zero attached hydrogens (tertiary/aromatic N) is 1. The van der Waals surface area contributed by atoms with Crippen LogP contribution in [0.3, 0.4) is 0 Å². The van der Waals surface area contributed by atoms with Crippen LogP contribution in [0.5, 0.6) is 0 Å². The molecule has 0 unspecified atom stereocenters. The summed E-state index contributed by atoms with van der Waals surface area (Å²) in [5.74, 6) is -0.454. The molecule has 128 valence electrons. The van der Waals surface area contributed by atoms with Crippen LogP contribution < -0.4 is 5.73 Å². The van der Waals surface area contributed by atoms with Gasteiger partial charge in [0, 0.05) is 11.4 Å². The number of hydrogen-bond donors (Lipinski definition) is 2. The molecule has 25 heavy (non-hydrogen) atoms. The second-order valence-corrected chi connectivity index (χ2v) is 6.62. The Morgan fingerprint density at radius 2 is 1.88 bits per heavy atom. The number of hydrogen-bond acceptors (Lipinski definition) is 2. The second kappa shape index (κ2) is 7.53. The molecule has 0 saturated carbocycles. The van der Waals surface area contributed by atoms with Crippen LogP contribution in [0.1, 0.15) is 38.4 Å². The van der Waals surface area contributed by atoms with E-state index in [0.29, 0.717) is 29.1 Å². The predicted octanol–water partition coefficient (Wildman–Crippen LogP) is 3.85. The third-order valence-electron chi connectivity index (χ3n) is 4.17. The summed E-state index contributed by atoms with van der Waals surface area (Å²) in [5, 5.41) is 7.98. The smallest absolute Gasteiger partial charge is 0.252 e. The first kappa shape index (κ1) is 17.2. The molecule has 1 heterocycles. The fourth-order valence-electron chi connectivity index (χ4n) is 3.00. The van der Waals surface area contributed by atoms with E-state index in [2.05, 4.69) is 35.3 Å². The minimum atomic E-state index is -0.454. The maximum Gasteiger partial charge on any atom is 0.252 e. The van der Waals surface area contributed by atoms with E-state index >= 15 is 0 Å². The number of amides is 1. The molecule has 0 aliphatic heterocycles. The standard InChI is InChI=1S/C20H20ClN3O/c1-13-4-2-5-14(10-13)8-9-17-19(20(22)25)18(24-23-17)12-15-6-3-7-16(21)11-15/h2-7,10-11H,8-9,12H2,1H3,(H2,22,25)(H,23,24). The Hall–Kier alpha value is -2.59. The van der Waals surface area contributed by atoms with E-state index in [9.17, 15) is 4.79 Å². The molecule has 3 aromatic rings. The Bertz CT molecular complexity index is 901. The number of H-pyrrole nitrogens is 1. The first-order valence-electron chi connectivity index (χ1n) is 8.19. The van der Waals surface area contributed by atoms with Crippen LogP contribution in [0, 0.1) is 6.92 Å². The summed E-state index contributed by atoms with van der Waals surface area (Å²) >= 11 is 6.03. The van der Waals surface area contributed by atoms with Crippen LogP contribution in [0.4, 0.5) is 0 Å². The maximum absolute atomic E-state index is 12.0. The highest BCUT2D eigenvalue weighted by Crippen LogP contribution is 2.19. The van der Waals surface area contributed by atoms with Crippen molar-refractivity contribution in [1.82, 2.24) is 10.2 Å². The van der Waals surface area contributed by atoms with Crippen LogP contribution >= 0.6 is 11.6 Å². The average Bonchev–Trinajstić information content (AvgIpc) is 2.96. The van der Waals surface area contributed by atoms with Gasteiger partial charge in [-0.25, -0.2) is 0 Å². The molecule has 0 radical (unpaired) electrons. The van der Waals surface area contributed by atoms with Crippen LogP contribution in [0.25, 0.3) is 0 Å². The van der Waals surface area contributed by atoms with Crippen LogP contribution in [-0.2, 0) is 19.3 Å². The van der Waals surface area contributed by atoms with Crippen molar-refractivity contribution in [2.45, 2.75) is 26.2 Å². The Kier molecular flexibility index (Phi) is 5.19. The van der Waals surface area contributed by atoms with Crippen molar-refractivity contribution in [3.8, 4) is 0 Å². The summed E-state index contributed by atoms with van der Waals surface area (Å²) < 4.78 is 0. The number of carbonyl (C=O) groups excluding carboxylic acids is 1. The highest BCUT2D eigenvalue weighted by Gasteiger charge is 2.18. The van der Waals surface area contributed by atoms with E-state index in [1.165, 1.54) is 11.1 Å². The van der Waals surface area contributed by atoms with Gasteiger partial charge in [-0.2, -0.15) is 5.10 Å². The number of aromatic amines is 1. The predicted molar refractivity (Wildman–Crippen MR) is 100.0 cm³/mol. The Morgan fingerprint density at radius 3 is 2.60 bits per heavy atom. The van der Waals surface area contributed by atoms with E-state index in [1.54, 1.807) is 0 Å². The van der Waals surface area contributed by atoms with Crippen LogP contribution in [0.15, 0.2) is 48.5 Å². The van der Waals surface area contributed by atoms with Gasteiger partial charge in [-0.3, -0.25) is 9.89 Å². The number of nitrogens with one attached hydrogen (secondary N) is 1. The summed E-state index contributed by atoms with van der Waals surface area (Å²) in [7, 11) is 0. The molecule has 0 spiro atoms. The van der Waals surface area contributed by atoms with Gasteiger partial charge in [0.2, 0.25) is 0 Å². The lowest BCUT2D eigenvalue weighted by Crippen LogP contribution is -2.15. The first-order valence-corrected chi connectivity index (χ1v) is 8.56. The maximum atomic E-state index is 12.0. The molecule has 0 saturated heterocycles. The zero-order valence-corrected chi connectivity index (χ0v) is 14.8. The number of aromatic nitrogens is 2. The summed E-state index contributed by atoms with van der Waals surface area (Å²) in [5.41, 5.74) is 11.0. The van der Waals surface area contributed by atoms with Crippen LogP contribution in [-0.4, -0.2) is 16.1 Å². The topological polar surface area (TPSA) is 71.8 Å². The van der Waals surface area contributed by atoms with Gasteiger partial charge in [-0.1, -0.05) is 53.6 Å². The summed E-state index contributed by atoms with van der Waals surface area (Å²) in [4.78, 5) is 12.0. The fraction of sp³-hybridized carbons (Fsp3) is 0.200. The molecule has 2 aromatic carbocycles. The monoisotopic (exact) mass is 353 g/mol. The molecule has 3 rings (SSSR count). The fourth-order valence-corrected chi connectivity index (χ4v) is 3.22. The van der Waals surface area contributed by atoms with Gasteiger partial charge in [0.05, 0.1) is 17.0 Å². The van der Waals surface area contributed by atoms with Crippen molar-refractivity contribution >= 4 is 17.5 Å². The Morgan fingerprint density at radius 1 is 1.12 bits per heavy atom. The van der Waals surface area contributed by atoms with Crippen molar-refractivity contribution in [3.05, 3.63) is 87.2 Å². The molecule has 1 amide bonds. The second-order valence-electron chi connectivity index (χ2n) is 6.18. The summed E-state index contributed by atoms with van der Waals surface area (Å²) in [6.45, 7) is 2.07. The van der Waals surface area contributed by atoms with Crippen molar-refractivity contribution in [2.75, 3.05) is 0 Å². The molecule has 0 aliphatic carbocycles. The SMILES string of the molecule is Cc1cccc(CCc2n[nH]c(Cc3cccc(Cl)c3)c2C(N)=O)c1. The molecule has 0 aliphatic rings. The van der Waals surface area contributed by atoms with Gasteiger partial charge in [0.1, 0.15) is 0 Å².